The van der Waals surface area contributed by atoms with E-state index in [1.165, 1.54) is 12.3 Å². The molecule has 2 rings (SSSR count). The summed E-state index contributed by atoms with van der Waals surface area (Å²) in [5.74, 6) is 0.684. The molecule has 1 aliphatic rings. The van der Waals surface area contributed by atoms with Crippen LogP contribution in [0.3, 0.4) is 0 Å². The van der Waals surface area contributed by atoms with Crippen LogP contribution >= 0.6 is 11.6 Å². The Morgan fingerprint density at radius 1 is 1.73 bits per heavy atom. The fraction of sp³-hybridized carbons (Fsp3) is 0.400. The number of hydrogen-bond donors (Lipinski definition) is 2. The van der Waals surface area contributed by atoms with Crippen LogP contribution in [0.5, 0.6) is 0 Å². The molecule has 0 saturated heterocycles. The van der Waals surface area contributed by atoms with Crippen molar-refractivity contribution in [3.63, 3.8) is 0 Å². The van der Waals surface area contributed by atoms with Crippen molar-refractivity contribution in [2.75, 3.05) is 5.73 Å². The van der Waals surface area contributed by atoms with Crippen molar-refractivity contribution in [3.8, 4) is 0 Å². The van der Waals surface area contributed by atoms with Crippen molar-refractivity contribution in [2.45, 2.75) is 19.4 Å². The number of nitrogen functional groups attached to an aromatic ring is 1. The van der Waals surface area contributed by atoms with Crippen molar-refractivity contribution >= 4 is 23.3 Å². The van der Waals surface area contributed by atoms with E-state index in [2.05, 4.69) is 17.2 Å². The van der Waals surface area contributed by atoms with Crippen molar-refractivity contribution in [1.29, 1.82) is 0 Å². The molecule has 2 unspecified atom stereocenters. The number of nitrogens with one attached hydrogen (secondary N) is 1. The third kappa shape index (κ3) is 2.21. The number of pyridine rings is 1. The third-order valence-electron chi connectivity index (χ3n) is 2.55. The van der Waals surface area contributed by atoms with Gasteiger partial charge < -0.3 is 11.1 Å². The van der Waals surface area contributed by atoms with Gasteiger partial charge in [-0.15, -0.1) is 0 Å². The molecule has 1 saturated carbocycles. The lowest BCUT2D eigenvalue weighted by Crippen LogP contribution is -2.27. The lowest BCUT2D eigenvalue weighted by Gasteiger charge is -2.05. The van der Waals surface area contributed by atoms with Gasteiger partial charge in [-0.3, -0.25) is 4.79 Å². The second-order valence-corrected chi connectivity index (χ2v) is 4.29. The van der Waals surface area contributed by atoms with E-state index in [0.717, 1.165) is 6.42 Å². The highest BCUT2D eigenvalue weighted by Gasteiger charge is 2.34. The fourth-order valence-corrected chi connectivity index (χ4v) is 1.59. The zero-order valence-corrected chi connectivity index (χ0v) is 9.08. The number of halogens is 1. The number of rotatable bonds is 2. The summed E-state index contributed by atoms with van der Waals surface area (Å²) in [6.45, 7) is 2.09. The molecule has 1 aromatic heterocycles. The molecule has 0 aliphatic heterocycles. The summed E-state index contributed by atoms with van der Waals surface area (Å²) in [7, 11) is 0. The van der Waals surface area contributed by atoms with E-state index in [1.807, 2.05) is 0 Å². The average molecular weight is 226 g/mol. The summed E-state index contributed by atoms with van der Waals surface area (Å²) < 4.78 is 0. The van der Waals surface area contributed by atoms with E-state index in [0.29, 0.717) is 22.3 Å². The SMILES string of the molecule is CC1CC1NC(=O)c1cc(N)ncc1Cl. The van der Waals surface area contributed by atoms with Gasteiger partial charge >= 0.3 is 0 Å². The molecule has 0 spiro atoms. The van der Waals surface area contributed by atoms with Crippen molar-refractivity contribution < 1.29 is 4.79 Å². The second kappa shape index (κ2) is 3.70. The maximum atomic E-state index is 11.7. The molecular formula is C10H12ClN3O. The first-order valence-corrected chi connectivity index (χ1v) is 5.17. The standard InChI is InChI=1S/C10H12ClN3O/c1-5-2-8(5)14-10(15)6-3-9(12)13-4-7(6)11/h3-5,8H,2H2,1H3,(H2,12,13)(H,14,15). The van der Waals surface area contributed by atoms with Crippen LogP contribution in [0.25, 0.3) is 0 Å². The van der Waals surface area contributed by atoms with E-state index in [4.69, 9.17) is 17.3 Å². The Morgan fingerprint density at radius 2 is 2.40 bits per heavy atom. The predicted molar refractivity (Wildman–Crippen MR) is 58.7 cm³/mol. The molecule has 1 amide bonds. The fourth-order valence-electron chi connectivity index (χ4n) is 1.40. The van der Waals surface area contributed by atoms with E-state index in [9.17, 15) is 4.79 Å². The van der Waals surface area contributed by atoms with Gasteiger partial charge in [0, 0.05) is 12.2 Å². The van der Waals surface area contributed by atoms with Crippen LogP contribution in [-0.2, 0) is 0 Å². The molecule has 4 nitrogen and oxygen atoms in total. The Morgan fingerprint density at radius 3 is 3.00 bits per heavy atom. The van der Waals surface area contributed by atoms with Crippen LogP contribution in [0.1, 0.15) is 23.7 Å². The third-order valence-corrected chi connectivity index (χ3v) is 2.85. The molecule has 0 radical (unpaired) electrons. The highest BCUT2D eigenvalue weighted by atomic mass is 35.5. The first kappa shape index (κ1) is 10.2. The number of nitrogens with two attached hydrogens (primary N) is 1. The zero-order chi connectivity index (χ0) is 11.0. The Hall–Kier alpha value is -1.29. The van der Waals surface area contributed by atoms with Crippen LogP contribution in [0, 0.1) is 5.92 Å². The zero-order valence-electron chi connectivity index (χ0n) is 8.33. The van der Waals surface area contributed by atoms with Gasteiger partial charge in [-0.05, 0) is 18.4 Å². The minimum absolute atomic E-state index is 0.177. The number of nitrogens with zero attached hydrogens (tertiary/aromatic N) is 1. The molecule has 2 atom stereocenters. The lowest BCUT2D eigenvalue weighted by atomic mass is 10.2. The van der Waals surface area contributed by atoms with E-state index >= 15 is 0 Å². The summed E-state index contributed by atoms with van der Waals surface area (Å²) in [6, 6.07) is 1.77. The average Bonchev–Trinajstić information content (AvgIpc) is 2.86. The first-order chi connectivity index (χ1) is 7.08. The Balaban J connectivity index is 2.14. The number of carbonyl (C=O) groups excluding carboxylic acids is 1. The van der Waals surface area contributed by atoms with Gasteiger partial charge in [-0.2, -0.15) is 0 Å². The summed E-state index contributed by atoms with van der Waals surface area (Å²) in [5.41, 5.74) is 5.88. The van der Waals surface area contributed by atoms with E-state index in [1.54, 1.807) is 0 Å². The minimum atomic E-state index is -0.177. The molecule has 0 bridgehead atoms. The highest BCUT2D eigenvalue weighted by Crippen LogP contribution is 2.29. The molecule has 0 aromatic carbocycles. The van der Waals surface area contributed by atoms with Gasteiger partial charge in [-0.25, -0.2) is 4.98 Å². The molecule has 1 heterocycles. The first-order valence-electron chi connectivity index (χ1n) is 4.80. The van der Waals surface area contributed by atoms with Gasteiger partial charge in [0.15, 0.2) is 0 Å². The Kier molecular flexibility index (Phi) is 2.52. The lowest BCUT2D eigenvalue weighted by molar-refractivity contribution is 0.0949. The summed E-state index contributed by atoms with van der Waals surface area (Å²) in [4.78, 5) is 15.5. The van der Waals surface area contributed by atoms with Crippen molar-refractivity contribution in [1.82, 2.24) is 10.3 Å². The Labute approximate surface area is 92.8 Å². The summed E-state index contributed by atoms with van der Waals surface area (Å²) in [6.07, 6.45) is 2.42. The van der Waals surface area contributed by atoms with Gasteiger partial charge in [0.2, 0.25) is 0 Å². The minimum Gasteiger partial charge on any atom is -0.384 e. The molecule has 5 heteroatoms. The van der Waals surface area contributed by atoms with Crippen molar-refractivity contribution in [3.05, 3.63) is 22.8 Å². The maximum Gasteiger partial charge on any atom is 0.253 e. The van der Waals surface area contributed by atoms with Gasteiger partial charge in [0.05, 0.1) is 10.6 Å². The number of anilines is 1. The molecule has 1 aromatic rings. The largest absolute Gasteiger partial charge is 0.384 e. The van der Waals surface area contributed by atoms with Crippen LogP contribution in [-0.4, -0.2) is 16.9 Å². The topological polar surface area (TPSA) is 68.0 Å². The van der Waals surface area contributed by atoms with Crippen LogP contribution < -0.4 is 11.1 Å². The van der Waals surface area contributed by atoms with Gasteiger partial charge in [0.1, 0.15) is 5.82 Å². The number of carbonyl (C=O) groups is 1. The molecule has 80 valence electrons. The van der Waals surface area contributed by atoms with Crippen LogP contribution in [0.4, 0.5) is 5.82 Å². The Bertz CT molecular complexity index is 408. The highest BCUT2D eigenvalue weighted by molar-refractivity contribution is 6.33. The van der Waals surface area contributed by atoms with E-state index in [-0.39, 0.29) is 11.9 Å². The monoisotopic (exact) mass is 225 g/mol. The summed E-state index contributed by atoms with van der Waals surface area (Å²) >= 11 is 5.85. The van der Waals surface area contributed by atoms with E-state index < -0.39 is 0 Å². The second-order valence-electron chi connectivity index (χ2n) is 3.88. The van der Waals surface area contributed by atoms with Crippen LogP contribution in [0.15, 0.2) is 12.3 Å². The quantitative estimate of drug-likeness (QED) is 0.801. The smallest absolute Gasteiger partial charge is 0.253 e. The molecule has 1 fully saturated rings. The molecular weight excluding hydrogens is 214 g/mol. The predicted octanol–water partition coefficient (Wildman–Crippen LogP) is 1.46. The normalized spacial score (nSPS) is 23.6. The van der Waals surface area contributed by atoms with Crippen molar-refractivity contribution in [2.24, 2.45) is 5.92 Å². The maximum absolute atomic E-state index is 11.7. The summed E-state index contributed by atoms with van der Waals surface area (Å²) in [5, 5.41) is 3.21. The van der Waals surface area contributed by atoms with Gasteiger partial charge in [-0.1, -0.05) is 18.5 Å². The molecule has 15 heavy (non-hydrogen) atoms. The van der Waals surface area contributed by atoms with Gasteiger partial charge in [0.25, 0.3) is 5.91 Å². The van der Waals surface area contributed by atoms with Crippen LogP contribution in [0.2, 0.25) is 5.02 Å². The number of hydrogen-bond acceptors (Lipinski definition) is 3. The number of aromatic nitrogens is 1. The molecule has 3 N–H and O–H groups in total. The molecule has 1 aliphatic carbocycles. The number of amides is 1.